The van der Waals surface area contributed by atoms with Crippen molar-refractivity contribution in [2.45, 2.75) is 35.4 Å². The molecule has 0 saturated heterocycles. The van der Waals surface area contributed by atoms with Crippen molar-refractivity contribution < 1.29 is 8.42 Å². The molecule has 0 radical (unpaired) electrons. The minimum Gasteiger partial charge on any atom is -0.326 e. The molecule has 0 spiro atoms. The van der Waals surface area contributed by atoms with Gasteiger partial charge in [-0.3, -0.25) is 0 Å². The molecule has 1 aliphatic rings. The molecule has 0 bridgehead atoms. The van der Waals surface area contributed by atoms with Gasteiger partial charge < -0.3 is 5.73 Å². The summed E-state index contributed by atoms with van der Waals surface area (Å²) in [5, 5.41) is -0.0353. The van der Waals surface area contributed by atoms with Crippen molar-refractivity contribution in [3.63, 3.8) is 0 Å². The fourth-order valence-corrected chi connectivity index (χ4v) is 5.05. The second-order valence-corrected chi connectivity index (χ2v) is 8.20. The van der Waals surface area contributed by atoms with Crippen LogP contribution in [0, 0.1) is 0 Å². The highest BCUT2D eigenvalue weighted by molar-refractivity contribution is 7.92. The minimum atomic E-state index is -3.43. The lowest BCUT2D eigenvalue weighted by atomic mass is 10.1. The second kappa shape index (κ2) is 5.69. The zero-order valence-electron chi connectivity index (χ0n) is 12.2. The molecule has 0 unspecified atom stereocenters. The Bertz CT molecular complexity index is 769. The standard InChI is InChI=1S/C17H18ClNO2S/c1-2-11-3-5-12(6-4-11)15-16(19)17(15)22(20,21)14-9-7-13(18)8-10-14/h3-10,15-17H,2,19H2,1H3/t15-,16+,17+/m0/s1. The fraction of sp³-hybridized carbons (Fsp3) is 0.294. The maximum absolute atomic E-state index is 12.7. The average Bonchev–Trinajstić information content (AvgIpc) is 3.20. The Morgan fingerprint density at radius 2 is 1.64 bits per heavy atom. The van der Waals surface area contributed by atoms with Crippen molar-refractivity contribution in [3.8, 4) is 0 Å². The normalized spacial score (nSPS) is 24.2. The number of aryl methyl sites for hydroxylation is 1. The molecular formula is C17H18ClNO2S. The summed E-state index contributed by atoms with van der Waals surface area (Å²) in [6.45, 7) is 2.09. The van der Waals surface area contributed by atoms with E-state index >= 15 is 0 Å². The van der Waals surface area contributed by atoms with E-state index in [0.29, 0.717) is 5.02 Å². The molecule has 116 valence electrons. The van der Waals surface area contributed by atoms with Crippen LogP contribution in [0.5, 0.6) is 0 Å². The van der Waals surface area contributed by atoms with Gasteiger partial charge in [0.2, 0.25) is 0 Å². The van der Waals surface area contributed by atoms with Crippen molar-refractivity contribution in [2.75, 3.05) is 0 Å². The topological polar surface area (TPSA) is 60.2 Å². The second-order valence-electron chi connectivity index (χ2n) is 5.66. The van der Waals surface area contributed by atoms with E-state index in [0.717, 1.165) is 12.0 Å². The zero-order valence-corrected chi connectivity index (χ0v) is 13.8. The number of sulfone groups is 1. The maximum Gasteiger partial charge on any atom is 0.183 e. The molecule has 0 aliphatic heterocycles. The van der Waals surface area contributed by atoms with E-state index in [-0.39, 0.29) is 16.9 Å². The first-order valence-electron chi connectivity index (χ1n) is 7.29. The molecular weight excluding hydrogens is 318 g/mol. The first-order valence-corrected chi connectivity index (χ1v) is 9.21. The van der Waals surface area contributed by atoms with Gasteiger partial charge in [0, 0.05) is 17.0 Å². The summed E-state index contributed by atoms with van der Waals surface area (Å²) in [6.07, 6.45) is 0.962. The molecule has 1 aliphatic carbocycles. The van der Waals surface area contributed by atoms with Crippen molar-refractivity contribution in [3.05, 3.63) is 64.7 Å². The van der Waals surface area contributed by atoms with Gasteiger partial charge in [0.15, 0.2) is 9.84 Å². The summed E-state index contributed by atoms with van der Waals surface area (Å²) in [6, 6.07) is 14.0. The van der Waals surface area contributed by atoms with Gasteiger partial charge in [-0.1, -0.05) is 42.8 Å². The Labute approximate surface area is 136 Å². The molecule has 3 atom stereocenters. The molecule has 0 heterocycles. The molecule has 1 saturated carbocycles. The number of hydrogen-bond acceptors (Lipinski definition) is 3. The summed E-state index contributed by atoms with van der Waals surface area (Å²) in [7, 11) is -3.43. The van der Waals surface area contributed by atoms with Crippen LogP contribution in [-0.2, 0) is 16.3 Å². The van der Waals surface area contributed by atoms with E-state index in [9.17, 15) is 8.42 Å². The molecule has 5 heteroatoms. The molecule has 22 heavy (non-hydrogen) atoms. The van der Waals surface area contributed by atoms with Crippen LogP contribution in [0.2, 0.25) is 5.02 Å². The Balaban J connectivity index is 1.87. The van der Waals surface area contributed by atoms with E-state index in [1.807, 2.05) is 24.3 Å². The summed E-state index contributed by atoms with van der Waals surface area (Å²) < 4.78 is 25.4. The minimum absolute atomic E-state index is 0.133. The first-order chi connectivity index (χ1) is 10.4. The van der Waals surface area contributed by atoms with E-state index in [1.54, 1.807) is 24.3 Å². The largest absolute Gasteiger partial charge is 0.326 e. The van der Waals surface area contributed by atoms with E-state index < -0.39 is 15.1 Å². The van der Waals surface area contributed by atoms with Crippen LogP contribution in [0.1, 0.15) is 24.0 Å². The van der Waals surface area contributed by atoms with Gasteiger partial charge in [-0.15, -0.1) is 0 Å². The van der Waals surface area contributed by atoms with Crippen LogP contribution < -0.4 is 5.73 Å². The molecule has 2 aromatic carbocycles. The maximum atomic E-state index is 12.7. The lowest BCUT2D eigenvalue weighted by Gasteiger charge is -2.05. The van der Waals surface area contributed by atoms with Crippen LogP contribution in [0.3, 0.4) is 0 Å². The van der Waals surface area contributed by atoms with Gasteiger partial charge in [0.05, 0.1) is 10.1 Å². The van der Waals surface area contributed by atoms with E-state index in [2.05, 4.69) is 6.92 Å². The quantitative estimate of drug-likeness (QED) is 0.933. The first kappa shape index (κ1) is 15.5. The van der Waals surface area contributed by atoms with Crippen LogP contribution in [-0.4, -0.2) is 19.7 Å². The SMILES string of the molecule is CCc1ccc([C@H]2[C@@H](N)[C@@H]2S(=O)(=O)c2ccc(Cl)cc2)cc1. The number of halogens is 1. The molecule has 2 N–H and O–H groups in total. The molecule has 0 amide bonds. The Morgan fingerprint density at radius 1 is 1.05 bits per heavy atom. The Hall–Kier alpha value is -1.36. The molecule has 3 rings (SSSR count). The Kier molecular flexibility index (Phi) is 4.02. The zero-order chi connectivity index (χ0) is 15.9. The molecule has 1 fully saturated rings. The third-order valence-corrected chi connectivity index (χ3v) is 6.79. The van der Waals surface area contributed by atoms with Crippen LogP contribution in [0.25, 0.3) is 0 Å². The van der Waals surface area contributed by atoms with Crippen LogP contribution in [0.4, 0.5) is 0 Å². The van der Waals surface area contributed by atoms with Gasteiger partial charge in [-0.25, -0.2) is 8.42 Å². The van der Waals surface area contributed by atoms with Crippen molar-refractivity contribution in [1.29, 1.82) is 0 Å². The molecule has 0 aromatic heterocycles. The number of hydrogen-bond donors (Lipinski definition) is 1. The van der Waals surface area contributed by atoms with Crippen molar-refractivity contribution >= 4 is 21.4 Å². The van der Waals surface area contributed by atoms with Crippen molar-refractivity contribution in [2.24, 2.45) is 5.73 Å². The van der Waals surface area contributed by atoms with Crippen LogP contribution >= 0.6 is 11.6 Å². The number of benzene rings is 2. The summed E-state index contributed by atoms with van der Waals surface area (Å²) in [5.74, 6) is -0.133. The monoisotopic (exact) mass is 335 g/mol. The predicted molar refractivity (Wildman–Crippen MR) is 89.0 cm³/mol. The van der Waals surface area contributed by atoms with E-state index in [1.165, 1.54) is 5.56 Å². The third-order valence-electron chi connectivity index (χ3n) is 4.28. The van der Waals surface area contributed by atoms with Gasteiger partial charge >= 0.3 is 0 Å². The lowest BCUT2D eigenvalue weighted by Crippen LogP contribution is -2.15. The van der Waals surface area contributed by atoms with Crippen molar-refractivity contribution in [1.82, 2.24) is 0 Å². The summed E-state index contributed by atoms with van der Waals surface area (Å²) in [5.41, 5.74) is 8.29. The van der Waals surface area contributed by atoms with Gasteiger partial charge in [-0.2, -0.15) is 0 Å². The van der Waals surface area contributed by atoms with Crippen LogP contribution in [0.15, 0.2) is 53.4 Å². The number of rotatable bonds is 4. The molecule has 3 nitrogen and oxygen atoms in total. The highest BCUT2D eigenvalue weighted by Gasteiger charge is 2.57. The van der Waals surface area contributed by atoms with Gasteiger partial charge in [0.25, 0.3) is 0 Å². The summed E-state index contributed by atoms with van der Waals surface area (Å²) in [4.78, 5) is 0.282. The average molecular weight is 336 g/mol. The highest BCUT2D eigenvalue weighted by Crippen LogP contribution is 2.47. The third kappa shape index (κ3) is 2.67. The Morgan fingerprint density at radius 3 is 2.18 bits per heavy atom. The highest BCUT2D eigenvalue weighted by atomic mass is 35.5. The smallest absolute Gasteiger partial charge is 0.183 e. The van der Waals surface area contributed by atoms with E-state index in [4.69, 9.17) is 17.3 Å². The fourth-order valence-electron chi connectivity index (χ4n) is 2.87. The lowest BCUT2D eigenvalue weighted by molar-refractivity contribution is 0.593. The predicted octanol–water partition coefficient (Wildman–Crippen LogP) is 3.17. The van der Waals surface area contributed by atoms with Gasteiger partial charge in [0.1, 0.15) is 0 Å². The summed E-state index contributed by atoms with van der Waals surface area (Å²) >= 11 is 5.82. The van der Waals surface area contributed by atoms with Gasteiger partial charge in [-0.05, 0) is 41.8 Å². The number of nitrogens with two attached hydrogens (primary N) is 1. The molecule has 2 aromatic rings.